The van der Waals surface area contributed by atoms with Crippen molar-refractivity contribution in [2.75, 3.05) is 31.7 Å². The maximum atomic E-state index is 5.75. The van der Waals surface area contributed by atoms with Gasteiger partial charge in [-0.3, -0.25) is 0 Å². The van der Waals surface area contributed by atoms with Crippen LogP contribution < -0.4 is 4.90 Å². The van der Waals surface area contributed by atoms with Gasteiger partial charge in [0, 0.05) is 26.3 Å². The van der Waals surface area contributed by atoms with Crippen molar-refractivity contribution in [2.24, 2.45) is 0 Å². The first kappa shape index (κ1) is 11.2. The largest absolute Gasteiger partial charge is 0.383 e. The summed E-state index contributed by atoms with van der Waals surface area (Å²) in [6, 6.07) is 1.80. The summed E-state index contributed by atoms with van der Waals surface area (Å²) >= 11 is 5.75. The molecule has 1 aromatic heterocycles. The highest BCUT2D eigenvalue weighted by molar-refractivity contribution is 6.29. The standard InChI is InChI=1S/C9H14ClN3O/c1-3-13(4-5-14-2)8-6-9(10)12-11-7-8/h6-7H,3-5H2,1-2H3. The van der Waals surface area contributed by atoms with Crippen LogP contribution in [0.15, 0.2) is 12.3 Å². The maximum absolute atomic E-state index is 5.75. The Labute approximate surface area is 88.8 Å². The van der Waals surface area contributed by atoms with Crippen molar-refractivity contribution in [1.82, 2.24) is 10.2 Å². The summed E-state index contributed by atoms with van der Waals surface area (Å²) < 4.78 is 5.02. The topological polar surface area (TPSA) is 38.2 Å². The Balaban J connectivity index is 2.68. The monoisotopic (exact) mass is 215 g/mol. The van der Waals surface area contributed by atoms with Crippen LogP contribution in [0.4, 0.5) is 5.69 Å². The molecule has 0 saturated heterocycles. The quantitative estimate of drug-likeness (QED) is 0.748. The number of hydrogen-bond donors (Lipinski definition) is 0. The molecule has 0 unspecified atom stereocenters. The molecule has 0 fully saturated rings. The van der Waals surface area contributed by atoms with E-state index in [1.54, 1.807) is 19.4 Å². The van der Waals surface area contributed by atoms with Crippen LogP contribution in [0.2, 0.25) is 5.15 Å². The molecular weight excluding hydrogens is 202 g/mol. The molecule has 0 amide bonds. The van der Waals surface area contributed by atoms with E-state index in [-0.39, 0.29) is 0 Å². The number of hydrogen-bond acceptors (Lipinski definition) is 4. The van der Waals surface area contributed by atoms with Crippen molar-refractivity contribution in [3.05, 3.63) is 17.4 Å². The molecule has 1 heterocycles. The number of anilines is 1. The summed E-state index contributed by atoms with van der Waals surface area (Å²) in [5, 5.41) is 7.91. The average Bonchev–Trinajstić information content (AvgIpc) is 2.19. The van der Waals surface area contributed by atoms with Crippen LogP contribution in [0.3, 0.4) is 0 Å². The Morgan fingerprint density at radius 1 is 1.57 bits per heavy atom. The Bertz CT molecular complexity index is 283. The molecule has 0 aliphatic heterocycles. The molecule has 0 aliphatic carbocycles. The number of ether oxygens (including phenoxy) is 1. The van der Waals surface area contributed by atoms with Gasteiger partial charge in [0.1, 0.15) is 0 Å². The number of methoxy groups -OCH3 is 1. The van der Waals surface area contributed by atoms with E-state index in [1.807, 2.05) is 0 Å². The number of nitrogens with zero attached hydrogens (tertiary/aromatic N) is 3. The van der Waals surface area contributed by atoms with Crippen LogP contribution in [0.5, 0.6) is 0 Å². The van der Waals surface area contributed by atoms with E-state index >= 15 is 0 Å². The molecule has 0 N–H and O–H groups in total. The third kappa shape index (κ3) is 3.12. The van der Waals surface area contributed by atoms with Crippen molar-refractivity contribution in [3.8, 4) is 0 Å². The molecule has 0 radical (unpaired) electrons. The van der Waals surface area contributed by atoms with E-state index in [9.17, 15) is 0 Å². The highest BCUT2D eigenvalue weighted by Gasteiger charge is 2.04. The summed E-state index contributed by atoms with van der Waals surface area (Å²) in [6.07, 6.45) is 1.70. The van der Waals surface area contributed by atoms with Gasteiger partial charge in [0.2, 0.25) is 0 Å². The van der Waals surface area contributed by atoms with Gasteiger partial charge >= 0.3 is 0 Å². The summed E-state index contributed by atoms with van der Waals surface area (Å²) in [5.74, 6) is 0. The maximum Gasteiger partial charge on any atom is 0.153 e. The van der Waals surface area contributed by atoms with Crippen LogP contribution >= 0.6 is 11.6 Å². The van der Waals surface area contributed by atoms with E-state index in [2.05, 4.69) is 22.0 Å². The fourth-order valence-corrected chi connectivity index (χ4v) is 1.33. The van der Waals surface area contributed by atoms with Gasteiger partial charge in [0.25, 0.3) is 0 Å². The van der Waals surface area contributed by atoms with Gasteiger partial charge in [-0.2, -0.15) is 5.10 Å². The fraction of sp³-hybridized carbons (Fsp3) is 0.556. The lowest BCUT2D eigenvalue weighted by atomic mass is 10.4. The molecule has 0 aromatic carbocycles. The molecular formula is C9H14ClN3O. The van der Waals surface area contributed by atoms with E-state index in [0.717, 1.165) is 18.8 Å². The molecule has 0 atom stereocenters. The zero-order valence-electron chi connectivity index (χ0n) is 8.40. The number of rotatable bonds is 5. The molecule has 1 aromatic rings. The minimum absolute atomic E-state index is 0.415. The normalized spacial score (nSPS) is 10.2. The SMILES string of the molecule is CCN(CCOC)c1cnnc(Cl)c1. The third-order valence-corrected chi connectivity index (χ3v) is 2.11. The zero-order valence-corrected chi connectivity index (χ0v) is 9.16. The van der Waals surface area contributed by atoms with E-state index in [1.165, 1.54) is 0 Å². The first-order valence-electron chi connectivity index (χ1n) is 4.50. The van der Waals surface area contributed by atoms with Crippen molar-refractivity contribution in [1.29, 1.82) is 0 Å². The van der Waals surface area contributed by atoms with Gasteiger partial charge in [0.15, 0.2) is 5.15 Å². The fourth-order valence-electron chi connectivity index (χ4n) is 1.18. The zero-order chi connectivity index (χ0) is 10.4. The van der Waals surface area contributed by atoms with Gasteiger partial charge in [-0.25, -0.2) is 0 Å². The molecule has 0 spiro atoms. The van der Waals surface area contributed by atoms with Crippen LogP contribution in [0, 0.1) is 0 Å². The lowest BCUT2D eigenvalue weighted by Gasteiger charge is -2.21. The third-order valence-electron chi connectivity index (χ3n) is 1.92. The van der Waals surface area contributed by atoms with Crippen molar-refractivity contribution in [3.63, 3.8) is 0 Å². The summed E-state index contributed by atoms with van der Waals surface area (Å²) in [7, 11) is 1.69. The molecule has 1 rings (SSSR count). The Hall–Kier alpha value is -0.870. The first-order valence-corrected chi connectivity index (χ1v) is 4.87. The lowest BCUT2D eigenvalue weighted by molar-refractivity contribution is 0.205. The highest BCUT2D eigenvalue weighted by atomic mass is 35.5. The van der Waals surface area contributed by atoms with Crippen molar-refractivity contribution < 1.29 is 4.74 Å². The second-order valence-corrected chi connectivity index (χ2v) is 3.20. The Kier molecular flexibility index (Phi) is 4.62. The summed E-state index contributed by atoms with van der Waals surface area (Å²) in [6.45, 7) is 4.48. The minimum atomic E-state index is 0.415. The van der Waals surface area contributed by atoms with E-state index < -0.39 is 0 Å². The van der Waals surface area contributed by atoms with Crippen LogP contribution in [0.25, 0.3) is 0 Å². The predicted molar refractivity (Wildman–Crippen MR) is 56.8 cm³/mol. The van der Waals surface area contributed by atoms with Gasteiger partial charge in [-0.15, -0.1) is 5.10 Å². The summed E-state index contributed by atoms with van der Waals surface area (Å²) in [5.41, 5.74) is 0.976. The van der Waals surface area contributed by atoms with Gasteiger partial charge in [0.05, 0.1) is 18.5 Å². The number of likely N-dealkylation sites (N-methyl/N-ethyl adjacent to an activating group) is 1. The molecule has 4 nitrogen and oxygen atoms in total. The average molecular weight is 216 g/mol. The predicted octanol–water partition coefficient (Wildman–Crippen LogP) is 1.60. The van der Waals surface area contributed by atoms with E-state index in [4.69, 9.17) is 16.3 Å². The molecule has 14 heavy (non-hydrogen) atoms. The molecule has 0 aliphatic rings. The Morgan fingerprint density at radius 3 is 2.93 bits per heavy atom. The van der Waals surface area contributed by atoms with Crippen molar-refractivity contribution >= 4 is 17.3 Å². The molecule has 0 bridgehead atoms. The number of aromatic nitrogens is 2. The molecule has 78 valence electrons. The molecule has 0 saturated carbocycles. The second-order valence-electron chi connectivity index (χ2n) is 2.81. The minimum Gasteiger partial charge on any atom is -0.383 e. The lowest BCUT2D eigenvalue weighted by Crippen LogP contribution is -2.26. The van der Waals surface area contributed by atoms with Crippen molar-refractivity contribution in [2.45, 2.75) is 6.92 Å². The van der Waals surface area contributed by atoms with Crippen LogP contribution in [-0.4, -0.2) is 37.0 Å². The highest BCUT2D eigenvalue weighted by Crippen LogP contribution is 2.15. The van der Waals surface area contributed by atoms with Gasteiger partial charge < -0.3 is 9.64 Å². The summed E-state index contributed by atoms with van der Waals surface area (Å²) in [4.78, 5) is 2.13. The van der Waals surface area contributed by atoms with Gasteiger partial charge in [-0.05, 0) is 6.92 Å². The van der Waals surface area contributed by atoms with E-state index in [0.29, 0.717) is 11.8 Å². The van der Waals surface area contributed by atoms with Crippen LogP contribution in [-0.2, 0) is 4.74 Å². The molecule has 5 heteroatoms. The first-order chi connectivity index (χ1) is 6.77. The van der Waals surface area contributed by atoms with Crippen LogP contribution in [0.1, 0.15) is 6.92 Å². The smallest absolute Gasteiger partial charge is 0.153 e. The second kappa shape index (κ2) is 5.78. The van der Waals surface area contributed by atoms with Gasteiger partial charge in [-0.1, -0.05) is 11.6 Å². The number of halogens is 1. The Morgan fingerprint density at radius 2 is 2.36 bits per heavy atom.